The minimum absolute atomic E-state index is 0.378. The first-order valence-corrected chi connectivity index (χ1v) is 5.20. The van der Waals surface area contributed by atoms with E-state index in [-0.39, 0.29) is 0 Å². The van der Waals surface area contributed by atoms with Crippen LogP contribution in [0.5, 0.6) is 0 Å². The smallest absolute Gasteiger partial charge is 0.00877 e. The van der Waals surface area contributed by atoms with E-state index in [4.69, 9.17) is 5.73 Å². The van der Waals surface area contributed by atoms with Crippen molar-refractivity contribution in [3.63, 3.8) is 0 Å². The molecule has 0 aromatic heterocycles. The lowest BCUT2D eigenvalue weighted by atomic mass is 9.87. The van der Waals surface area contributed by atoms with Crippen molar-refractivity contribution in [3.8, 4) is 0 Å². The SMILES string of the molecule is CC(C)CCC(C)C(N)C(C)C. The molecule has 0 aromatic carbocycles. The summed E-state index contributed by atoms with van der Waals surface area (Å²) in [6, 6.07) is 0.378. The molecule has 0 aliphatic heterocycles. The van der Waals surface area contributed by atoms with E-state index in [1.54, 1.807) is 0 Å². The zero-order valence-corrected chi connectivity index (χ0v) is 9.30. The van der Waals surface area contributed by atoms with Gasteiger partial charge in [-0.3, -0.25) is 0 Å². The van der Waals surface area contributed by atoms with Crippen molar-refractivity contribution >= 4 is 0 Å². The Balaban J connectivity index is 3.64. The van der Waals surface area contributed by atoms with Crippen LogP contribution in [-0.2, 0) is 0 Å². The van der Waals surface area contributed by atoms with Crippen molar-refractivity contribution in [2.24, 2.45) is 23.5 Å². The predicted molar refractivity (Wildman–Crippen MR) is 56.0 cm³/mol. The van der Waals surface area contributed by atoms with Gasteiger partial charge >= 0.3 is 0 Å². The lowest BCUT2D eigenvalue weighted by Crippen LogP contribution is -2.33. The zero-order chi connectivity index (χ0) is 9.72. The van der Waals surface area contributed by atoms with Crippen molar-refractivity contribution in [1.82, 2.24) is 0 Å². The maximum atomic E-state index is 6.05. The normalized spacial score (nSPS) is 17.0. The zero-order valence-electron chi connectivity index (χ0n) is 9.30. The van der Waals surface area contributed by atoms with E-state index in [0.717, 1.165) is 5.92 Å². The highest BCUT2D eigenvalue weighted by atomic mass is 14.7. The fourth-order valence-corrected chi connectivity index (χ4v) is 1.45. The molecule has 0 aliphatic carbocycles. The standard InChI is InChI=1S/C11H25N/c1-8(2)6-7-10(5)11(12)9(3)4/h8-11H,6-7,12H2,1-5H3. The van der Waals surface area contributed by atoms with Crippen LogP contribution in [0.4, 0.5) is 0 Å². The summed E-state index contributed by atoms with van der Waals surface area (Å²) in [5.74, 6) is 2.10. The first kappa shape index (κ1) is 12.0. The van der Waals surface area contributed by atoms with Gasteiger partial charge in [0.05, 0.1) is 0 Å². The van der Waals surface area contributed by atoms with Gasteiger partial charge in [-0.1, -0.05) is 41.0 Å². The Morgan fingerprint density at radius 1 is 0.917 bits per heavy atom. The lowest BCUT2D eigenvalue weighted by molar-refractivity contribution is 0.325. The van der Waals surface area contributed by atoms with Crippen LogP contribution in [0.1, 0.15) is 47.5 Å². The van der Waals surface area contributed by atoms with Gasteiger partial charge in [0.2, 0.25) is 0 Å². The fourth-order valence-electron chi connectivity index (χ4n) is 1.45. The van der Waals surface area contributed by atoms with E-state index in [1.807, 2.05) is 0 Å². The van der Waals surface area contributed by atoms with Crippen molar-refractivity contribution in [2.75, 3.05) is 0 Å². The molecule has 12 heavy (non-hydrogen) atoms. The molecule has 0 saturated heterocycles. The summed E-state index contributed by atoms with van der Waals surface area (Å²) >= 11 is 0. The van der Waals surface area contributed by atoms with Crippen molar-refractivity contribution in [3.05, 3.63) is 0 Å². The van der Waals surface area contributed by atoms with Gasteiger partial charge in [0, 0.05) is 6.04 Å². The summed E-state index contributed by atoms with van der Waals surface area (Å²) in [6.07, 6.45) is 2.58. The summed E-state index contributed by atoms with van der Waals surface area (Å²) in [4.78, 5) is 0. The molecule has 1 nitrogen and oxygen atoms in total. The first-order valence-electron chi connectivity index (χ1n) is 5.20. The number of nitrogens with two attached hydrogens (primary N) is 1. The van der Waals surface area contributed by atoms with Crippen LogP contribution in [0, 0.1) is 17.8 Å². The Morgan fingerprint density at radius 2 is 1.42 bits per heavy atom. The maximum Gasteiger partial charge on any atom is 0.00877 e. The van der Waals surface area contributed by atoms with Crippen LogP contribution in [-0.4, -0.2) is 6.04 Å². The first-order chi connectivity index (χ1) is 5.45. The predicted octanol–water partition coefficient (Wildman–Crippen LogP) is 3.04. The fraction of sp³-hybridized carbons (Fsp3) is 1.00. The third-order valence-electron chi connectivity index (χ3n) is 2.63. The average Bonchev–Trinajstić information content (AvgIpc) is 1.98. The molecule has 0 saturated carbocycles. The van der Waals surface area contributed by atoms with Crippen LogP contribution in [0.15, 0.2) is 0 Å². The van der Waals surface area contributed by atoms with Gasteiger partial charge in [-0.25, -0.2) is 0 Å². The summed E-state index contributed by atoms with van der Waals surface area (Å²) in [6.45, 7) is 11.2. The number of hydrogen-bond donors (Lipinski definition) is 1. The molecule has 0 bridgehead atoms. The van der Waals surface area contributed by atoms with Gasteiger partial charge in [0.15, 0.2) is 0 Å². The largest absolute Gasteiger partial charge is 0.327 e. The summed E-state index contributed by atoms with van der Waals surface area (Å²) in [5.41, 5.74) is 6.05. The molecule has 0 radical (unpaired) electrons. The van der Waals surface area contributed by atoms with Crippen molar-refractivity contribution < 1.29 is 0 Å². The highest BCUT2D eigenvalue weighted by molar-refractivity contribution is 4.72. The second-order valence-corrected chi connectivity index (χ2v) is 4.77. The Hall–Kier alpha value is -0.0400. The Bertz CT molecular complexity index is 108. The molecule has 0 amide bonds. The summed E-state index contributed by atoms with van der Waals surface area (Å²) in [7, 11) is 0. The number of rotatable bonds is 5. The van der Waals surface area contributed by atoms with Gasteiger partial charge in [-0.05, 0) is 24.2 Å². The monoisotopic (exact) mass is 171 g/mol. The molecule has 74 valence electrons. The Labute approximate surface area is 77.7 Å². The quantitative estimate of drug-likeness (QED) is 0.676. The molecule has 0 aromatic rings. The van der Waals surface area contributed by atoms with Crippen molar-refractivity contribution in [2.45, 2.75) is 53.5 Å². The molecule has 1 heteroatoms. The molecule has 0 rings (SSSR count). The topological polar surface area (TPSA) is 26.0 Å². The molecule has 0 fully saturated rings. The van der Waals surface area contributed by atoms with E-state index < -0.39 is 0 Å². The Kier molecular flexibility index (Phi) is 5.56. The second kappa shape index (κ2) is 5.58. The molecule has 0 spiro atoms. The van der Waals surface area contributed by atoms with E-state index >= 15 is 0 Å². The minimum Gasteiger partial charge on any atom is -0.327 e. The third-order valence-corrected chi connectivity index (χ3v) is 2.63. The third kappa shape index (κ3) is 4.76. The maximum absolute atomic E-state index is 6.05. The molecule has 2 N–H and O–H groups in total. The van der Waals surface area contributed by atoms with Crippen LogP contribution >= 0.6 is 0 Å². The van der Waals surface area contributed by atoms with Crippen LogP contribution in [0.2, 0.25) is 0 Å². The van der Waals surface area contributed by atoms with Gasteiger partial charge in [0.1, 0.15) is 0 Å². The van der Waals surface area contributed by atoms with Crippen LogP contribution in [0.3, 0.4) is 0 Å². The Morgan fingerprint density at radius 3 is 1.75 bits per heavy atom. The highest BCUT2D eigenvalue weighted by Gasteiger charge is 2.15. The highest BCUT2D eigenvalue weighted by Crippen LogP contribution is 2.18. The summed E-state index contributed by atoms with van der Waals surface area (Å²) < 4.78 is 0. The van der Waals surface area contributed by atoms with Crippen molar-refractivity contribution in [1.29, 1.82) is 0 Å². The van der Waals surface area contributed by atoms with Crippen LogP contribution < -0.4 is 5.73 Å². The number of hydrogen-bond acceptors (Lipinski definition) is 1. The average molecular weight is 171 g/mol. The van der Waals surface area contributed by atoms with E-state index in [2.05, 4.69) is 34.6 Å². The lowest BCUT2D eigenvalue weighted by Gasteiger charge is -2.23. The minimum atomic E-state index is 0.378. The van der Waals surface area contributed by atoms with Crippen LogP contribution in [0.25, 0.3) is 0 Å². The molecular weight excluding hydrogens is 146 g/mol. The van der Waals surface area contributed by atoms with E-state index in [9.17, 15) is 0 Å². The van der Waals surface area contributed by atoms with Gasteiger partial charge in [-0.15, -0.1) is 0 Å². The second-order valence-electron chi connectivity index (χ2n) is 4.77. The van der Waals surface area contributed by atoms with E-state index in [1.165, 1.54) is 12.8 Å². The van der Waals surface area contributed by atoms with E-state index in [0.29, 0.717) is 17.9 Å². The summed E-state index contributed by atoms with van der Waals surface area (Å²) in [5, 5.41) is 0. The molecule has 0 heterocycles. The molecule has 0 aliphatic rings. The van der Waals surface area contributed by atoms with Gasteiger partial charge in [-0.2, -0.15) is 0 Å². The molecule has 2 unspecified atom stereocenters. The molecular formula is C11H25N. The van der Waals surface area contributed by atoms with Gasteiger partial charge < -0.3 is 5.73 Å². The van der Waals surface area contributed by atoms with Gasteiger partial charge in [0.25, 0.3) is 0 Å². The molecule has 2 atom stereocenters.